The van der Waals surface area contributed by atoms with Gasteiger partial charge in [0.15, 0.2) is 0 Å². The second-order valence-corrected chi connectivity index (χ2v) is 8.85. The Morgan fingerprint density at radius 3 is 2.60 bits per heavy atom. The first-order valence-corrected chi connectivity index (χ1v) is 11.5. The van der Waals surface area contributed by atoms with Crippen molar-refractivity contribution in [3.05, 3.63) is 36.5 Å². The standard InChI is InChI=1S/C24H32N4O2/c29-24(27-14-16-30-17-15-27)20-5-3-11-28(18-20)21-8-12-26(13-9-21)23-22-6-2-1-4-19(22)7-10-25-23/h1-2,4,6-7,10,20-21H,3,5,8-9,11-18H2. The van der Waals surface area contributed by atoms with E-state index in [9.17, 15) is 4.79 Å². The van der Waals surface area contributed by atoms with E-state index in [1.165, 1.54) is 10.8 Å². The zero-order valence-electron chi connectivity index (χ0n) is 17.7. The molecule has 3 saturated heterocycles. The molecule has 2 aromatic rings. The summed E-state index contributed by atoms with van der Waals surface area (Å²) < 4.78 is 5.41. The van der Waals surface area contributed by atoms with Crippen LogP contribution in [0.4, 0.5) is 5.82 Å². The first kappa shape index (κ1) is 19.8. The van der Waals surface area contributed by atoms with Crippen molar-refractivity contribution in [2.45, 2.75) is 31.7 Å². The second kappa shape index (κ2) is 8.90. The number of nitrogens with zero attached hydrogens (tertiary/aromatic N) is 4. The molecule has 0 aliphatic carbocycles. The fourth-order valence-electron chi connectivity index (χ4n) is 5.38. The van der Waals surface area contributed by atoms with Gasteiger partial charge < -0.3 is 14.5 Å². The summed E-state index contributed by atoms with van der Waals surface area (Å²) in [5.74, 6) is 1.63. The van der Waals surface area contributed by atoms with E-state index in [1.807, 2.05) is 11.1 Å². The lowest BCUT2D eigenvalue weighted by Gasteiger charge is -2.43. The van der Waals surface area contributed by atoms with Crippen LogP contribution in [0.3, 0.4) is 0 Å². The Labute approximate surface area is 178 Å². The monoisotopic (exact) mass is 408 g/mol. The average molecular weight is 409 g/mol. The van der Waals surface area contributed by atoms with Crippen LogP contribution < -0.4 is 4.90 Å². The van der Waals surface area contributed by atoms with Crippen molar-refractivity contribution in [3.63, 3.8) is 0 Å². The smallest absolute Gasteiger partial charge is 0.227 e. The maximum absolute atomic E-state index is 13.0. The number of morpholine rings is 1. The predicted molar refractivity (Wildman–Crippen MR) is 119 cm³/mol. The molecule has 3 aliphatic heterocycles. The van der Waals surface area contributed by atoms with Gasteiger partial charge in [-0.05, 0) is 43.7 Å². The van der Waals surface area contributed by atoms with Gasteiger partial charge in [-0.1, -0.05) is 24.3 Å². The summed E-state index contributed by atoms with van der Waals surface area (Å²) in [6.07, 6.45) is 6.38. The molecule has 0 radical (unpaired) electrons. The Morgan fingerprint density at radius 1 is 0.967 bits per heavy atom. The number of hydrogen-bond donors (Lipinski definition) is 0. The van der Waals surface area contributed by atoms with Gasteiger partial charge in [0.1, 0.15) is 5.82 Å². The lowest BCUT2D eigenvalue weighted by molar-refractivity contribution is -0.141. The number of amides is 1. The number of fused-ring (bicyclic) bond motifs is 1. The largest absolute Gasteiger partial charge is 0.378 e. The molecule has 0 N–H and O–H groups in total. The molecule has 1 aromatic carbocycles. The van der Waals surface area contributed by atoms with Crippen molar-refractivity contribution < 1.29 is 9.53 Å². The molecule has 6 heteroatoms. The van der Waals surface area contributed by atoms with Crippen LogP contribution in [0.25, 0.3) is 10.8 Å². The van der Waals surface area contributed by atoms with Crippen molar-refractivity contribution in [2.75, 3.05) is 57.4 Å². The van der Waals surface area contributed by atoms with Crippen LogP contribution in [0.15, 0.2) is 36.5 Å². The van der Waals surface area contributed by atoms with E-state index < -0.39 is 0 Å². The lowest BCUT2D eigenvalue weighted by Crippen LogP contribution is -2.52. The molecular formula is C24H32N4O2. The minimum atomic E-state index is 0.162. The van der Waals surface area contributed by atoms with Crippen molar-refractivity contribution in [1.82, 2.24) is 14.8 Å². The Kier molecular flexibility index (Phi) is 5.86. The van der Waals surface area contributed by atoms with Gasteiger partial charge in [-0.15, -0.1) is 0 Å². The van der Waals surface area contributed by atoms with Gasteiger partial charge in [-0.3, -0.25) is 9.69 Å². The third-order valence-electron chi connectivity index (χ3n) is 7.06. The van der Waals surface area contributed by atoms with Crippen LogP contribution in [0.5, 0.6) is 0 Å². The quantitative estimate of drug-likeness (QED) is 0.782. The van der Waals surface area contributed by atoms with E-state index in [-0.39, 0.29) is 5.92 Å². The van der Waals surface area contributed by atoms with Gasteiger partial charge in [0.25, 0.3) is 0 Å². The van der Waals surface area contributed by atoms with Crippen molar-refractivity contribution in [1.29, 1.82) is 0 Å². The van der Waals surface area contributed by atoms with Gasteiger partial charge in [0, 0.05) is 50.3 Å². The highest BCUT2D eigenvalue weighted by atomic mass is 16.5. The molecule has 0 spiro atoms. The van der Waals surface area contributed by atoms with Crippen molar-refractivity contribution in [3.8, 4) is 0 Å². The van der Waals surface area contributed by atoms with E-state index >= 15 is 0 Å². The van der Waals surface area contributed by atoms with Crippen LogP contribution in [-0.4, -0.2) is 79.2 Å². The Hall–Kier alpha value is -2.18. The molecule has 0 bridgehead atoms. The molecule has 1 amide bonds. The van der Waals surface area contributed by atoms with Crippen LogP contribution in [-0.2, 0) is 9.53 Å². The number of piperidine rings is 2. The molecule has 5 rings (SSSR count). The number of ether oxygens (including phenoxy) is 1. The van der Waals surface area contributed by atoms with E-state index in [4.69, 9.17) is 9.72 Å². The van der Waals surface area contributed by atoms with E-state index in [2.05, 4.69) is 40.1 Å². The normalized spacial score (nSPS) is 24.3. The molecule has 1 atom stereocenters. The number of anilines is 1. The maximum atomic E-state index is 13.0. The highest BCUT2D eigenvalue weighted by molar-refractivity contribution is 5.92. The third kappa shape index (κ3) is 4.03. The first-order valence-electron chi connectivity index (χ1n) is 11.5. The summed E-state index contributed by atoms with van der Waals surface area (Å²) >= 11 is 0. The fourth-order valence-corrected chi connectivity index (χ4v) is 5.38. The van der Waals surface area contributed by atoms with Gasteiger partial charge in [0.2, 0.25) is 5.91 Å². The van der Waals surface area contributed by atoms with E-state index in [0.29, 0.717) is 25.2 Å². The van der Waals surface area contributed by atoms with Gasteiger partial charge >= 0.3 is 0 Å². The van der Waals surface area contributed by atoms with E-state index in [0.717, 1.165) is 70.8 Å². The minimum absolute atomic E-state index is 0.162. The predicted octanol–water partition coefficient (Wildman–Crippen LogP) is 2.77. The van der Waals surface area contributed by atoms with Crippen molar-refractivity contribution in [2.24, 2.45) is 5.92 Å². The molecular weight excluding hydrogens is 376 g/mol. The molecule has 1 unspecified atom stereocenters. The topological polar surface area (TPSA) is 48.9 Å². The number of pyridine rings is 1. The SMILES string of the molecule is O=C(C1CCCN(C2CCN(c3nccc4ccccc34)CC2)C1)N1CCOCC1. The molecule has 1 aromatic heterocycles. The summed E-state index contributed by atoms with van der Waals surface area (Å²) in [6.45, 7) is 7.00. The summed E-state index contributed by atoms with van der Waals surface area (Å²) in [5.41, 5.74) is 0. The highest BCUT2D eigenvalue weighted by Crippen LogP contribution is 2.30. The zero-order valence-corrected chi connectivity index (χ0v) is 17.7. The molecule has 30 heavy (non-hydrogen) atoms. The van der Waals surface area contributed by atoms with Crippen molar-refractivity contribution >= 4 is 22.5 Å². The number of aromatic nitrogens is 1. The van der Waals surface area contributed by atoms with Crippen LogP contribution in [0.1, 0.15) is 25.7 Å². The first-order chi connectivity index (χ1) is 14.8. The van der Waals surface area contributed by atoms with Gasteiger partial charge in [-0.25, -0.2) is 4.98 Å². The van der Waals surface area contributed by atoms with Gasteiger partial charge in [-0.2, -0.15) is 0 Å². The number of benzene rings is 1. The third-order valence-corrected chi connectivity index (χ3v) is 7.06. The number of carbonyl (C=O) groups is 1. The highest BCUT2D eigenvalue weighted by Gasteiger charge is 2.34. The van der Waals surface area contributed by atoms with Crippen LogP contribution in [0.2, 0.25) is 0 Å². The Balaban J connectivity index is 1.20. The zero-order chi connectivity index (χ0) is 20.3. The number of hydrogen-bond acceptors (Lipinski definition) is 5. The molecule has 0 saturated carbocycles. The summed E-state index contributed by atoms with van der Waals surface area (Å²) in [5, 5.41) is 2.50. The minimum Gasteiger partial charge on any atom is -0.378 e. The maximum Gasteiger partial charge on any atom is 0.227 e. The molecule has 6 nitrogen and oxygen atoms in total. The number of carbonyl (C=O) groups excluding carboxylic acids is 1. The summed E-state index contributed by atoms with van der Waals surface area (Å²) in [6, 6.07) is 11.2. The Morgan fingerprint density at radius 2 is 1.77 bits per heavy atom. The summed E-state index contributed by atoms with van der Waals surface area (Å²) in [4.78, 5) is 24.7. The van der Waals surface area contributed by atoms with Crippen LogP contribution >= 0.6 is 0 Å². The molecule has 4 heterocycles. The summed E-state index contributed by atoms with van der Waals surface area (Å²) in [7, 11) is 0. The molecule has 3 aliphatic rings. The average Bonchev–Trinajstić information content (AvgIpc) is 2.84. The van der Waals surface area contributed by atoms with Crippen LogP contribution in [0, 0.1) is 5.92 Å². The Bertz CT molecular complexity index is 869. The number of rotatable bonds is 3. The fraction of sp³-hybridized carbons (Fsp3) is 0.583. The van der Waals surface area contributed by atoms with E-state index in [1.54, 1.807) is 0 Å². The second-order valence-electron chi connectivity index (χ2n) is 8.85. The lowest BCUT2D eigenvalue weighted by atomic mass is 9.92. The molecule has 3 fully saturated rings. The van der Waals surface area contributed by atoms with Gasteiger partial charge in [0.05, 0.1) is 19.1 Å². The molecule has 160 valence electrons. The number of likely N-dealkylation sites (tertiary alicyclic amines) is 1.